The fourth-order valence-electron chi connectivity index (χ4n) is 2.84. The first-order chi connectivity index (χ1) is 13.8. The van der Waals surface area contributed by atoms with Crippen molar-refractivity contribution in [3.8, 4) is 0 Å². The Hall–Kier alpha value is -3.20. The number of nitrogens with two attached hydrogens (primary N) is 1. The molecule has 3 rings (SSSR count). The molecule has 29 heavy (non-hydrogen) atoms. The van der Waals surface area contributed by atoms with Gasteiger partial charge in [0.05, 0.1) is 11.3 Å². The number of hydrogen-bond donors (Lipinski definition) is 2. The standard InChI is InChI=1S/C20H21N3O5S/c1-13-7-9-15(10-8-13)29(27)23-17(12-18(24)28-29)20(26)22-16(19(21)25)11-14-5-3-2-4-6-14/h2-10,16-17H,11-12H2,1H3,(H2,21,25)(H,22,26)/t16?,17-,29?/m0/s1. The van der Waals surface area contributed by atoms with Gasteiger partial charge in [0.25, 0.3) is 0 Å². The molecule has 0 saturated carbocycles. The second-order valence-corrected chi connectivity index (χ2v) is 8.52. The molecule has 2 aromatic rings. The molecule has 2 aromatic carbocycles. The molecule has 0 aromatic heterocycles. The van der Waals surface area contributed by atoms with Gasteiger partial charge in [-0.3, -0.25) is 14.4 Å². The average molecular weight is 415 g/mol. The summed E-state index contributed by atoms with van der Waals surface area (Å²) in [5.74, 6) is -2.23. The van der Waals surface area contributed by atoms with Gasteiger partial charge in [-0.1, -0.05) is 48.0 Å². The molecule has 1 heterocycles. The molecular weight excluding hydrogens is 394 g/mol. The largest absolute Gasteiger partial charge is 0.368 e. The van der Waals surface area contributed by atoms with Crippen molar-refractivity contribution in [3.63, 3.8) is 0 Å². The van der Waals surface area contributed by atoms with Crippen LogP contribution in [0.3, 0.4) is 0 Å². The molecule has 152 valence electrons. The van der Waals surface area contributed by atoms with E-state index >= 15 is 0 Å². The number of nitrogens with zero attached hydrogens (tertiary/aromatic N) is 1. The Morgan fingerprint density at radius 3 is 2.48 bits per heavy atom. The van der Waals surface area contributed by atoms with Crippen LogP contribution in [0.2, 0.25) is 0 Å². The van der Waals surface area contributed by atoms with Crippen molar-refractivity contribution in [2.75, 3.05) is 0 Å². The fraction of sp³-hybridized carbons (Fsp3) is 0.250. The lowest BCUT2D eigenvalue weighted by molar-refractivity contribution is -0.137. The van der Waals surface area contributed by atoms with E-state index in [0.29, 0.717) is 0 Å². The molecule has 1 aliphatic rings. The van der Waals surface area contributed by atoms with Crippen LogP contribution < -0.4 is 11.1 Å². The second-order valence-electron chi connectivity index (χ2n) is 6.72. The molecule has 2 unspecified atom stereocenters. The van der Waals surface area contributed by atoms with E-state index in [4.69, 9.17) is 9.92 Å². The van der Waals surface area contributed by atoms with Gasteiger partial charge in [0.2, 0.25) is 21.8 Å². The van der Waals surface area contributed by atoms with E-state index in [1.165, 1.54) is 12.1 Å². The van der Waals surface area contributed by atoms with Crippen molar-refractivity contribution in [1.29, 1.82) is 0 Å². The van der Waals surface area contributed by atoms with Crippen LogP contribution in [0.5, 0.6) is 0 Å². The predicted octanol–water partition coefficient (Wildman–Crippen LogP) is 1.27. The first-order valence-corrected chi connectivity index (χ1v) is 10.4. The van der Waals surface area contributed by atoms with E-state index in [0.717, 1.165) is 11.1 Å². The summed E-state index contributed by atoms with van der Waals surface area (Å²) in [5, 5.41) is 2.51. The Morgan fingerprint density at radius 1 is 1.21 bits per heavy atom. The van der Waals surface area contributed by atoms with Crippen molar-refractivity contribution in [2.24, 2.45) is 10.1 Å². The molecule has 0 aliphatic carbocycles. The van der Waals surface area contributed by atoms with Gasteiger partial charge < -0.3 is 15.2 Å². The SMILES string of the molecule is Cc1ccc(S2(=O)=N[C@H](C(=O)NC(Cc3ccccc3)C(N)=O)CC(=O)O2)cc1. The lowest BCUT2D eigenvalue weighted by Crippen LogP contribution is -2.50. The van der Waals surface area contributed by atoms with Gasteiger partial charge in [0.1, 0.15) is 6.04 Å². The number of benzene rings is 2. The van der Waals surface area contributed by atoms with Gasteiger partial charge >= 0.3 is 5.97 Å². The third-order valence-corrected chi connectivity index (χ3v) is 6.21. The quantitative estimate of drug-likeness (QED) is 0.734. The molecule has 3 N–H and O–H groups in total. The van der Waals surface area contributed by atoms with E-state index < -0.39 is 39.9 Å². The summed E-state index contributed by atoms with van der Waals surface area (Å²) in [5.41, 5.74) is 7.15. The molecule has 0 fully saturated rings. The minimum absolute atomic E-state index is 0.187. The van der Waals surface area contributed by atoms with Crippen molar-refractivity contribution in [2.45, 2.75) is 36.7 Å². The van der Waals surface area contributed by atoms with E-state index in [1.807, 2.05) is 13.0 Å². The predicted molar refractivity (Wildman–Crippen MR) is 106 cm³/mol. The Balaban J connectivity index is 1.83. The summed E-state index contributed by atoms with van der Waals surface area (Å²) in [6.07, 6.45) is -0.183. The summed E-state index contributed by atoms with van der Waals surface area (Å²) in [6, 6.07) is 13.3. The lowest BCUT2D eigenvalue weighted by atomic mass is 10.0. The maximum atomic E-state index is 13.1. The minimum atomic E-state index is -3.55. The van der Waals surface area contributed by atoms with Gasteiger partial charge in [-0.15, -0.1) is 0 Å². The summed E-state index contributed by atoms with van der Waals surface area (Å²) in [7, 11) is -3.55. The van der Waals surface area contributed by atoms with Gasteiger partial charge in [-0.05, 0) is 24.6 Å². The highest BCUT2D eigenvalue weighted by Gasteiger charge is 2.34. The monoisotopic (exact) mass is 415 g/mol. The van der Waals surface area contributed by atoms with Crippen molar-refractivity contribution in [3.05, 3.63) is 65.7 Å². The van der Waals surface area contributed by atoms with Crippen molar-refractivity contribution < 1.29 is 22.8 Å². The smallest absolute Gasteiger partial charge is 0.323 e. The minimum Gasteiger partial charge on any atom is -0.368 e. The van der Waals surface area contributed by atoms with Gasteiger partial charge in [0.15, 0.2) is 6.04 Å². The molecule has 0 spiro atoms. The third kappa shape index (κ3) is 5.00. The van der Waals surface area contributed by atoms with E-state index in [2.05, 4.69) is 9.68 Å². The summed E-state index contributed by atoms with van der Waals surface area (Å²) in [6.45, 7) is 1.85. The third-order valence-electron chi connectivity index (χ3n) is 4.40. The van der Waals surface area contributed by atoms with Crippen LogP contribution in [0.15, 0.2) is 63.9 Å². The Morgan fingerprint density at radius 2 is 1.86 bits per heavy atom. The summed E-state index contributed by atoms with van der Waals surface area (Å²) < 4.78 is 22.1. The fourth-order valence-corrected chi connectivity index (χ4v) is 4.41. The van der Waals surface area contributed by atoms with Crippen molar-refractivity contribution in [1.82, 2.24) is 5.32 Å². The zero-order valence-corrected chi connectivity index (χ0v) is 16.6. The highest BCUT2D eigenvalue weighted by molar-refractivity contribution is 7.89. The first kappa shape index (κ1) is 20.5. The normalized spacial score (nSPS) is 22.1. The summed E-state index contributed by atoms with van der Waals surface area (Å²) in [4.78, 5) is 36.7. The maximum absolute atomic E-state index is 13.1. The second kappa shape index (κ2) is 8.44. The number of aryl methyl sites for hydroxylation is 1. The van der Waals surface area contributed by atoms with Crippen LogP contribution in [0, 0.1) is 6.92 Å². The van der Waals surface area contributed by atoms with Crippen LogP contribution in [0.4, 0.5) is 0 Å². The Bertz CT molecular complexity index is 1040. The number of rotatable bonds is 6. The van der Waals surface area contributed by atoms with Crippen LogP contribution in [-0.2, 0) is 35.0 Å². The summed E-state index contributed by atoms with van der Waals surface area (Å²) >= 11 is 0. The highest BCUT2D eigenvalue weighted by Crippen LogP contribution is 2.23. The molecule has 9 heteroatoms. The molecule has 2 amide bonds. The van der Waals surface area contributed by atoms with E-state index in [-0.39, 0.29) is 17.7 Å². The van der Waals surface area contributed by atoms with Gasteiger partial charge in [-0.25, -0.2) is 4.21 Å². The maximum Gasteiger partial charge on any atom is 0.323 e. The first-order valence-electron chi connectivity index (χ1n) is 8.96. The van der Waals surface area contributed by atoms with Crippen LogP contribution in [0.25, 0.3) is 0 Å². The van der Waals surface area contributed by atoms with Gasteiger partial charge in [-0.2, -0.15) is 4.36 Å². The molecule has 0 saturated heterocycles. The van der Waals surface area contributed by atoms with Crippen LogP contribution >= 0.6 is 0 Å². The molecule has 3 atom stereocenters. The number of carbonyl (C=O) groups excluding carboxylic acids is 3. The van der Waals surface area contributed by atoms with Gasteiger partial charge in [0, 0.05) is 6.42 Å². The number of hydrogen-bond acceptors (Lipinski definition) is 6. The van der Waals surface area contributed by atoms with Crippen molar-refractivity contribution >= 4 is 27.8 Å². The van der Waals surface area contributed by atoms with E-state index in [9.17, 15) is 18.6 Å². The number of primary amides is 1. The Kier molecular flexibility index (Phi) is 5.97. The zero-order chi connectivity index (χ0) is 21.0. The van der Waals surface area contributed by atoms with E-state index in [1.54, 1.807) is 36.4 Å². The van der Waals surface area contributed by atoms with Crippen LogP contribution in [0.1, 0.15) is 17.5 Å². The topological polar surface area (TPSA) is 128 Å². The average Bonchev–Trinajstić information content (AvgIpc) is 2.68. The molecular formula is C20H21N3O5S. The lowest BCUT2D eigenvalue weighted by Gasteiger charge is -2.23. The number of nitrogens with one attached hydrogen (secondary N) is 1. The zero-order valence-electron chi connectivity index (χ0n) is 15.7. The Labute approximate surface area is 168 Å². The van der Waals surface area contributed by atoms with Crippen LogP contribution in [-0.4, -0.2) is 34.1 Å². The molecule has 0 bridgehead atoms. The molecule has 1 aliphatic heterocycles. The molecule has 0 radical (unpaired) electrons. The number of amides is 2. The molecule has 8 nitrogen and oxygen atoms in total. The highest BCUT2D eigenvalue weighted by atomic mass is 32.2. The number of carbonyl (C=O) groups is 3.